The monoisotopic (exact) mass is 454 g/mol. The number of nitrogens with two attached hydrogens (primary N) is 1. The van der Waals surface area contributed by atoms with E-state index >= 15 is 0 Å². The number of carbonyl (C=O) groups is 3. The minimum atomic E-state index is -0.567. The van der Waals surface area contributed by atoms with Crippen molar-refractivity contribution in [3.63, 3.8) is 0 Å². The second kappa shape index (κ2) is 9.58. The first-order valence-electron chi connectivity index (χ1n) is 10.9. The van der Waals surface area contributed by atoms with Crippen LogP contribution in [-0.4, -0.2) is 55.1 Å². The largest absolute Gasteiger partial charge is 0.442 e. The summed E-state index contributed by atoms with van der Waals surface area (Å²) >= 11 is 0. The van der Waals surface area contributed by atoms with Crippen molar-refractivity contribution >= 4 is 23.6 Å². The third-order valence-electron chi connectivity index (χ3n) is 6.06. The molecule has 174 valence electrons. The maximum absolute atomic E-state index is 14.9. The van der Waals surface area contributed by atoms with Gasteiger partial charge in [-0.05, 0) is 42.3 Å². The van der Waals surface area contributed by atoms with Gasteiger partial charge in [0, 0.05) is 25.6 Å². The summed E-state index contributed by atoms with van der Waals surface area (Å²) in [7, 11) is 0. The molecule has 2 aromatic carbocycles. The summed E-state index contributed by atoms with van der Waals surface area (Å²) < 4.78 is 20.2. The van der Waals surface area contributed by atoms with Gasteiger partial charge in [-0.25, -0.2) is 9.18 Å². The smallest absolute Gasteiger partial charge is 0.414 e. The first-order chi connectivity index (χ1) is 15.8. The number of primary amides is 1. The predicted molar refractivity (Wildman–Crippen MR) is 121 cm³/mol. The standard InChI is InChI=1S/C24H27FN4O4/c1-15(30)27-11-20-14-29(24(32)33-20)19-6-7-21(22(25)10-19)17-4-2-16(3-5-17)12-28-9-8-18(13-28)23(26)31/h2-7,10,18,20H,8-9,11-14H2,1H3,(H2,26,31)(H,27,30)/t18?,20-/m0/s1. The molecule has 33 heavy (non-hydrogen) atoms. The Morgan fingerprint density at radius 3 is 2.58 bits per heavy atom. The number of ether oxygens (including phenoxy) is 1. The zero-order valence-corrected chi connectivity index (χ0v) is 18.4. The number of anilines is 1. The van der Waals surface area contributed by atoms with Crippen LogP contribution >= 0.6 is 0 Å². The molecule has 1 unspecified atom stereocenters. The first-order valence-corrected chi connectivity index (χ1v) is 10.9. The zero-order valence-electron chi connectivity index (χ0n) is 18.4. The Morgan fingerprint density at radius 1 is 1.18 bits per heavy atom. The highest BCUT2D eigenvalue weighted by Crippen LogP contribution is 2.29. The lowest BCUT2D eigenvalue weighted by atomic mass is 10.0. The van der Waals surface area contributed by atoms with Gasteiger partial charge in [-0.3, -0.25) is 19.4 Å². The van der Waals surface area contributed by atoms with Crippen molar-refractivity contribution in [1.29, 1.82) is 0 Å². The van der Waals surface area contributed by atoms with Crippen LogP contribution in [0.1, 0.15) is 18.9 Å². The molecular weight excluding hydrogens is 427 g/mol. The summed E-state index contributed by atoms with van der Waals surface area (Å²) in [6.07, 6.45) is -0.267. The van der Waals surface area contributed by atoms with E-state index in [1.165, 1.54) is 17.9 Å². The highest BCUT2D eigenvalue weighted by atomic mass is 19.1. The SMILES string of the molecule is CC(=O)NC[C@H]1CN(c2ccc(-c3ccc(CN4CCC(C(N)=O)C4)cc3)c(F)c2)C(=O)O1. The Hall–Kier alpha value is -3.46. The van der Waals surface area contributed by atoms with E-state index in [1.807, 2.05) is 24.3 Å². The average molecular weight is 455 g/mol. The van der Waals surface area contributed by atoms with E-state index < -0.39 is 18.0 Å². The number of cyclic esters (lactones) is 1. The fourth-order valence-electron chi connectivity index (χ4n) is 4.26. The molecule has 0 bridgehead atoms. The number of hydrogen-bond acceptors (Lipinski definition) is 5. The number of amides is 3. The van der Waals surface area contributed by atoms with Crippen LogP contribution in [0.5, 0.6) is 0 Å². The third kappa shape index (κ3) is 5.31. The summed E-state index contributed by atoms with van der Waals surface area (Å²) in [5.74, 6) is -0.994. The molecule has 2 aromatic rings. The lowest BCUT2D eigenvalue weighted by molar-refractivity contribution is -0.121. The fourth-order valence-corrected chi connectivity index (χ4v) is 4.26. The van der Waals surface area contributed by atoms with Crippen LogP contribution in [0.3, 0.4) is 0 Å². The Labute approximate surface area is 191 Å². The van der Waals surface area contributed by atoms with Crippen LogP contribution < -0.4 is 16.0 Å². The molecule has 2 atom stereocenters. The number of carbonyl (C=O) groups excluding carboxylic acids is 3. The molecule has 3 N–H and O–H groups in total. The number of rotatable bonds is 7. The molecule has 0 radical (unpaired) electrons. The maximum atomic E-state index is 14.9. The second-order valence-electron chi connectivity index (χ2n) is 8.54. The highest BCUT2D eigenvalue weighted by Gasteiger charge is 2.32. The van der Waals surface area contributed by atoms with Crippen LogP contribution in [0.2, 0.25) is 0 Å². The van der Waals surface area contributed by atoms with Crippen LogP contribution in [0, 0.1) is 11.7 Å². The maximum Gasteiger partial charge on any atom is 0.414 e. The van der Waals surface area contributed by atoms with Gasteiger partial charge < -0.3 is 15.8 Å². The van der Waals surface area contributed by atoms with Crippen molar-refractivity contribution in [3.05, 3.63) is 53.8 Å². The van der Waals surface area contributed by atoms with Crippen LogP contribution in [0.25, 0.3) is 11.1 Å². The van der Waals surface area contributed by atoms with E-state index in [0.717, 1.165) is 24.1 Å². The molecule has 0 spiro atoms. The average Bonchev–Trinajstić information content (AvgIpc) is 3.39. The Kier molecular flexibility index (Phi) is 6.60. The normalized spacial score (nSPS) is 20.7. The van der Waals surface area contributed by atoms with Gasteiger partial charge in [0.2, 0.25) is 11.8 Å². The van der Waals surface area contributed by atoms with Crippen LogP contribution in [0.15, 0.2) is 42.5 Å². The van der Waals surface area contributed by atoms with Crippen molar-refractivity contribution in [1.82, 2.24) is 10.2 Å². The molecule has 0 saturated carbocycles. The zero-order chi connectivity index (χ0) is 23.5. The molecule has 2 heterocycles. The lowest BCUT2D eigenvalue weighted by Gasteiger charge is -2.16. The molecule has 2 aliphatic rings. The number of nitrogens with one attached hydrogen (secondary N) is 1. The number of likely N-dealkylation sites (tertiary alicyclic amines) is 1. The molecule has 2 aliphatic heterocycles. The number of hydrogen-bond donors (Lipinski definition) is 2. The molecule has 2 saturated heterocycles. The van der Waals surface area contributed by atoms with Gasteiger partial charge in [0.1, 0.15) is 11.9 Å². The van der Waals surface area contributed by atoms with E-state index in [2.05, 4.69) is 10.2 Å². The topological polar surface area (TPSA) is 105 Å². The molecule has 4 rings (SSSR count). The van der Waals surface area contributed by atoms with Gasteiger partial charge in [-0.15, -0.1) is 0 Å². The van der Waals surface area contributed by atoms with Crippen molar-refractivity contribution in [2.24, 2.45) is 11.7 Å². The summed E-state index contributed by atoms with van der Waals surface area (Å²) in [6, 6.07) is 12.3. The van der Waals surface area contributed by atoms with Crippen molar-refractivity contribution in [2.75, 3.05) is 31.1 Å². The van der Waals surface area contributed by atoms with Gasteiger partial charge in [-0.1, -0.05) is 24.3 Å². The summed E-state index contributed by atoms with van der Waals surface area (Å²) in [5.41, 5.74) is 8.04. The number of benzene rings is 2. The van der Waals surface area contributed by atoms with E-state index in [0.29, 0.717) is 24.3 Å². The van der Waals surface area contributed by atoms with Crippen molar-refractivity contribution in [3.8, 4) is 11.1 Å². The second-order valence-corrected chi connectivity index (χ2v) is 8.54. The predicted octanol–water partition coefficient (Wildman–Crippen LogP) is 2.26. The number of halogens is 1. The van der Waals surface area contributed by atoms with E-state index in [4.69, 9.17) is 10.5 Å². The highest BCUT2D eigenvalue weighted by molar-refractivity contribution is 5.90. The molecule has 0 aromatic heterocycles. The number of nitrogens with zero attached hydrogens (tertiary/aromatic N) is 2. The Morgan fingerprint density at radius 2 is 1.94 bits per heavy atom. The lowest BCUT2D eigenvalue weighted by Crippen LogP contribution is -2.33. The molecule has 8 nitrogen and oxygen atoms in total. The molecule has 3 amide bonds. The molecule has 9 heteroatoms. The van der Waals surface area contributed by atoms with Gasteiger partial charge in [0.25, 0.3) is 0 Å². The van der Waals surface area contributed by atoms with E-state index in [1.54, 1.807) is 12.1 Å². The van der Waals surface area contributed by atoms with Gasteiger partial charge in [-0.2, -0.15) is 0 Å². The van der Waals surface area contributed by atoms with Crippen LogP contribution in [-0.2, 0) is 20.9 Å². The molecule has 2 fully saturated rings. The first kappa shape index (κ1) is 22.7. The summed E-state index contributed by atoms with van der Waals surface area (Å²) in [6.45, 7) is 4.04. The summed E-state index contributed by atoms with van der Waals surface area (Å²) in [5, 5.41) is 2.62. The molecular formula is C24H27FN4O4. The molecule has 0 aliphatic carbocycles. The van der Waals surface area contributed by atoms with E-state index in [-0.39, 0.29) is 30.8 Å². The van der Waals surface area contributed by atoms with E-state index in [9.17, 15) is 18.8 Å². The van der Waals surface area contributed by atoms with Crippen molar-refractivity contribution in [2.45, 2.75) is 26.0 Å². The minimum Gasteiger partial charge on any atom is -0.442 e. The van der Waals surface area contributed by atoms with Gasteiger partial charge in [0.05, 0.1) is 24.7 Å². The third-order valence-corrected chi connectivity index (χ3v) is 6.06. The van der Waals surface area contributed by atoms with Gasteiger partial charge >= 0.3 is 6.09 Å². The fraction of sp³-hybridized carbons (Fsp3) is 0.375. The Balaban J connectivity index is 1.40. The quantitative estimate of drug-likeness (QED) is 0.668. The van der Waals surface area contributed by atoms with Crippen LogP contribution in [0.4, 0.5) is 14.9 Å². The van der Waals surface area contributed by atoms with Gasteiger partial charge in [0.15, 0.2) is 0 Å². The minimum absolute atomic E-state index is 0.0922. The summed E-state index contributed by atoms with van der Waals surface area (Å²) in [4.78, 5) is 38.1. The Bertz CT molecular complexity index is 1060. The van der Waals surface area contributed by atoms with Crippen molar-refractivity contribution < 1.29 is 23.5 Å².